The molecule has 0 aliphatic carbocycles. The summed E-state index contributed by atoms with van der Waals surface area (Å²) in [6, 6.07) is 0. The topological polar surface area (TPSA) is 52.6 Å². The Bertz CT molecular complexity index is 264. The summed E-state index contributed by atoms with van der Waals surface area (Å²) in [6.45, 7) is 8.50. The Morgan fingerprint density at radius 2 is 1.47 bits per heavy atom. The van der Waals surface area contributed by atoms with Gasteiger partial charge in [0.15, 0.2) is 0 Å². The van der Waals surface area contributed by atoms with Crippen LogP contribution in [0.3, 0.4) is 0 Å². The SMILES string of the molecule is C/C(=C\C(=O)OC(C)C)C(=O)OC(C)C. The molecule has 0 bridgehead atoms. The van der Waals surface area contributed by atoms with Crippen LogP contribution < -0.4 is 0 Å². The Morgan fingerprint density at radius 3 is 1.87 bits per heavy atom. The van der Waals surface area contributed by atoms with Crippen molar-refractivity contribution in [1.82, 2.24) is 0 Å². The average Bonchev–Trinajstić information content (AvgIpc) is 2.00. The second kappa shape index (κ2) is 6.22. The first-order chi connectivity index (χ1) is 6.82. The normalized spacial score (nSPS) is 11.8. The molecule has 0 aromatic heterocycles. The number of carbonyl (C=O) groups is 2. The maximum atomic E-state index is 11.3. The lowest BCUT2D eigenvalue weighted by Gasteiger charge is -2.08. The van der Waals surface area contributed by atoms with Gasteiger partial charge in [-0.3, -0.25) is 0 Å². The molecule has 0 fully saturated rings. The van der Waals surface area contributed by atoms with Crippen molar-refractivity contribution in [3.05, 3.63) is 11.6 Å². The Kier molecular flexibility index (Phi) is 5.67. The number of hydrogen-bond donors (Lipinski definition) is 0. The van der Waals surface area contributed by atoms with Crippen molar-refractivity contribution in [3.63, 3.8) is 0 Å². The summed E-state index contributed by atoms with van der Waals surface area (Å²) >= 11 is 0. The van der Waals surface area contributed by atoms with Gasteiger partial charge in [0.1, 0.15) is 0 Å². The first-order valence-electron chi connectivity index (χ1n) is 4.92. The van der Waals surface area contributed by atoms with Crippen molar-refractivity contribution >= 4 is 11.9 Å². The number of esters is 2. The quantitative estimate of drug-likeness (QED) is 0.529. The highest BCUT2D eigenvalue weighted by atomic mass is 16.5. The molecule has 15 heavy (non-hydrogen) atoms. The van der Waals surface area contributed by atoms with Crippen LogP contribution >= 0.6 is 0 Å². The smallest absolute Gasteiger partial charge is 0.334 e. The zero-order valence-electron chi connectivity index (χ0n) is 9.87. The molecule has 0 atom stereocenters. The van der Waals surface area contributed by atoms with Crippen LogP contribution in [0.15, 0.2) is 11.6 Å². The number of rotatable bonds is 4. The van der Waals surface area contributed by atoms with Gasteiger partial charge in [-0.1, -0.05) is 0 Å². The van der Waals surface area contributed by atoms with Gasteiger partial charge in [0.25, 0.3) is 0 Å². The molecule has 4 nitrogen and oxygen atoms in total. The van der Waals surface area contributed by atoms with E-state index < -0.39 is 11.9 Å². The lowest BCUT2D eigenvalue weighted by atomic mass is 10.3. The van der Waals surface area contributed by atoms with Crippen LogP contribution in [0.5, 0.6) is 0 Å². The highest BCUT2D eigenvalue weighted by Gasteiger charge is 2.10. The van der Waals surface area contributed by atoms with E-state index >= 15 is 0 Å². The summed E-state index contributed by atoms with van der Waals surface area (Å²) < 4.78 is 9.76. The van der Waals surface area contributed by atoms with Gasteiger partial charge in [0.05, 0.1) is 12.2 Å². The van der Waals surface area contributed by atoms with Gasteiger partial charge in [-0.2, -0.15) is 0 Å². The lowest BCUT2D eigenvalue weighted by molar-refractivity contribution is -0.145. The molecule has 0 heterocycles. The van der Waals surface area contributed by atoms with Crippen molar-refractivity contribution < 1.29 is 19.1 Å². The van der Waals surface area contributed by atoms with E-state index in [4.69, 9.17) is 9.47 Å². The molecule has 0 unspecified atom stereocenters. The van der Waals surface area contributed by atoms with E-state index in [1.165, 1.54) is 6.92 Å². The Hall–Kier alpha value is -1.32. The van der Waals surface area contributed by atoms with Crippen LogP contribution in [-0.2, 0) is 19.1 Å². The molecule has 0 aromatic carbocycles. The van der Waals surface area contributed by atoms with E-state index in [1.54, 1.807) is 27.7 Å². The minimum atomic E-state index is -0.525. The van der Waals surface area contributed by atoms with Crippen molar-refractivity contribution in [3.8, 4) is 0 Å². The maximum Gasteiger partial charge on any atom is 0.334 e. The second-order valence-corrected chi connectivity index (χ2v) is 3.77. The van der Waals surface area contributed by atoms with Crippen molar-refractivity contribution in [2.75, 3.05) is 0 Å². The predicted molar refractivity (Wildman–Crippen MR) is 56.2 cm³/mol. The molecule has 0 spiro atoms. The van der Waals surface area contributed by atoms with Gasteiger partial charge in [0, 0.05) is 11.6 Å². The first kappa shape index (κ1) is 13.7. The molecule has 0 saturated heterocycles. The molecule has 0 aromatic rings. The summed E-state index contributed by atoms with van der Waals surface area (Å²) in [5.74, 6) is -1.02. The van der Waals surface area contributed by atoms with Crippen LogP contribution in [0.1, 0.15) is 34.6 Å². The van der Waals surface area contributed by atoms with Crippen LogP contribution in [0, 0.1) is 0 Å². The number of carbonyl (C=O) groups excluding carboxylic acids is 2. The number of ether oxygens (including phenoxy) is 2. The van der Waals surface area contributed by atoms with E-state index in [0.717, 1.165) is 6.08 Å². The van der Waals surface area contributed by atoms with Crippen molar-refractivity contribution in [1.29, 1.82) is 0 Å². The van der Waals surface area contributed by atoms with Crippen LogP contribution in [0.4, 0.5) is 0 Å². The molecule has 4 heteroatoms. The standard InChI is InChI=1S/C11H18O4/c1-7(2)14-10(12)6-9(5)11(13)15-8(3)4/h6-8H,1-5H3/b9-6+. The predicted octanol–water partition coefficient (Wildman–Crippen LogP) is 1.84. The Labute approximate surface area is 90.2 Å². The maximum absolute atomic E-state index is 11.3. The lowest BCUT2D eigenvalue weighted by Crippen LogP contribution is -2.15. The van der Waals surface area contributed by atoms with E-state index in [1.807, 2.05) is 0 Å². The van der Waals surface area contributed by atoms with Gasteiger partial charge in [0.2, 0.25) is 0 Å². The minimum Gasteiger partial charge on any atom is -0.460 e. The van der Waals surface area contributed by atoms with E-state index in [0.29, 0.717) is 0 Å². The van der Waals surface area contributed by atoms with E-state index in [-0.39, 0.29) is 17.8 Å². The highest BCUT2D eigenvalue weighted by molar-refractivity contribution is 5.95. The average molecular weight is 214 g/mol. The Morgan fingerprint density at radius 1 is 1.00 bits per heavy atom. The largest absolute Gasteiger partial charge is 0.460 e. The molecular formula is C11H18O4. The zero-order valence-corrected chi connectivity index (χ0v) is 9.87. The molecule has 0 aliphatic rings. The highest BCUT2D eigenvalue weighted by Crippen LogP contribution is 2.01. The molecule has 0 radical (unpaired) electrons. The number of hydrogen-bond acceptors (Lipinski definition) is 4. The van der Waals surface area contributed by atoms with Crippen molar-refractivity contribution in [2.24, 2.45) is 0 Å². The van der Waals surface area contributed by atoms with Gasteiger partial charge in [-0.25, -0.2) is 9.59 Å². The fraction of sp³-hybridized carbons (Fsp3) is 0.636. The van der Waals surface area contributed by atoms with E-state index in [2.05, 4.69) is 0 Å². The molecule has 0 saturated carbocycles. The Balaban J connectivity index is 4.29. The molecule has 0 amide bonds. The summed E-state index contributed by atoms with van der Waals surface area (Å²) in [4.78, 5) is 22.4. The third-order valence-corrected chi connectivity index (χ3v) is 1.35. The minimum absolute atomic E-state index is 0.192. The molecular weight excluding hydrogens is 196 g/mol. The molecule has 0 N–H and O–H groups in total. The second-order valence-electron chi connectivity index (χ2n) is 3.77. The van der Waals surface area contributed by atoms with Gasteiger partial charge in [-0.05, 0) is 34.6 Å². The summed E-state index contributed by atoms with van der Waals surface area (Å²) in [7, 11) is 0. The van der Waals surface area contributed by atoms with Crippen LogP contribution in [0.2, 0.25) is 0 Å². The monoisotopic (exact) mass is 214 g/mol. The fourth-order valence-corrected chi connectivity index (χ4v) is 0.809. The third-order valence-electron chi connectivity index (χ3n) is 1.35. The first-order valence-corrected chi connectivity index (χ1v) is 4.92. The fourth-order valence-electron chi connectivity index (χ4n) is 0.809. The molecule has 0 aliphatic heterocycles. The summed E-state index contributed by atoms with van der Waals surface area (Å²) in [5, 5.41) is 0. The van der Waals surface area contributed by atoms with Gasteiger partial charge < -0.3 is 9.47 Å². The summed E-state index contributed by atoms with van der Waals surface area (Å²) in [6.07, 6.45) is 0.759. The van der Waals surface area contributed by atoms with Gasteiger partial charge in [-0.15, -0.1) is 0 Å². The van der Waals surface area contributed by atoms with E-state index in [9.17, 15) is 9.59 Å². The third kappa shape index (κ3) is 6.71. The van der Waals surface area contributed by atoms with Crippen LogP contribution in [0.25, 0.3) is 0 Å². The van der Waals surface area contributed by atoms with Crippen LogP contribution in [-0.4, -0.2) is 24.1 Å². The molecule has 0 rings (SSSR count). The molecule has 86 valence electrons. The summed E-state index contributed by atoms with van der Waals surface area (Å²) in [5.41, 5.74) is 0.245. The van der Waals surface area contributed by atoms with Gasteiger partial charge >= 0.3 is 11.9 Å². The zero-order chi connectivity index (χ0) is 12.0. The van der Waals surface area contributed by atoms with Crippen molar-refractivity contribution in [2.45, 2.75) is 46.8 Å².